The van der Waals surface area contributed by atoms with Crippen LogP contribution in [0.4, 0.5) is 10.5 Å². The van der Waals surface area contributed by atoms with Gasteiger partial charge in [-0.1, -0.05) is 12.1 Å². The van der Waals surface area contributed by atoms with Crippen LogP contribution in [0.25, 0.3) is 16.7 Å². The number of carbonyl (C=O) groups excluding carboxylic acids is 1. The number of benzene rings is 2. The fraction of sp³-hybridized carbons (Fsp3) is 0.333. The second-order valence-electron chi connectivity index (χ2n) is 7.49. The summed E-state index contributed by atoms with van der Waals surface area (Å²) in [6.45, 7) is 2.77. The number of anilines is 1. The zero-order valence-electron chi connectivity index (χ0n) is 16.0. The Labute approximate surface area is 182 Å². The number of hydrogen-bond acceptors (Lipinski definition) is 3. The summed E-state index contributed by atoms with van der Waals surface area (Å²) < 4.78 is 2.06. The van der Waals surface area contributed by atoms with Crippen LogP contribution in [0.1, 0.15) is 12.8 Å². The van der Waals surface area contributed by atoms with Crippen LogP contribution in [-0.4, -0.2) is 46.2 Å². The van der Waals surface area contributed by atoms with Crippen molar-refractivity contribution in [2.24, 2.45) is 5.92 Å². The SMILES string of the molecule is Cl.Cl.O=C(Nc1ccc(-n2cnc3ccccc32)cc1)N1C[C@@H]2CC[C@H]1CNC2. The first-order valence-electron chi connectivity index (χ1n) is 9.59. The van der Waals surface area contributed by atoms with Crippen molar-refractivity contribution in [3.05, 3.63) is 54.9 Å². The highest BCUT2D eigenvalue weighted by molar-refractivity contribution is 5.90. The molecule has 2 aromatic carbocycles. The normalized spacial score (nSPS) is 20.5. The second kappa shape index (κ2) is 9.03. The van der Waals surface area contributed by atoms with Gasteiger partial charge in [-0.2, -0.15) is 0 Å². The number of urea groups is 1. The van der Waals surface area contributed by atoms with Gasteiger partial charge in [-0.15, -0.1) is 24.8 Å². The molecule has 4 heterocycles. The van der Waals surface area contributed by atoms with Crippen molar-refractivity contribution in [3.8, 4) is 5.69 Å². The third-order valence-electron chi connectivity index (χ3n) is 5.73. The van der Waals surface area contributed by atoms with E-state index < -0.39 is 0 Å². The van der Waals surface area contributed by atoms with E-state index in [9.17, 15) is 4.79 Å². The molecule has 3 fully saturated rings. The first-order valence-corrected chi connectivity index (χ1v) is 9.59. The Morgan fingerprint density at radius 3 is 2.66 bits per heavy atom. The van der Waals surface area contributed by atoms with Gasteiger partial charge in [-0.25, -0.2) is 9.78 Å². The lowest BCUT2D eigenvalue weighted by atomic mass is 9.95. The molecular weight excluding hydrogens is 409 g/mol. The zero-order valence-corrected chi connectivity index (χ0v) is 17.6. The summed E-state index contributed by atoms with van der Waals surface area (Å²) in [5.74, 6) is 0.575. The quantitative estimate of drug-likeness (QED) is 0.639. The van der Waals surface area contributed by atoms with Gasteiger partial charge in [-0.05, 0) is 61.7 Å². The van der Waals surface area contributed by atoms with Gasteiger partial charge in [0.25, 0.3) is 0 Å². The van der Waals surface area contributed by atoms with Crippen molar-refractivity contribution in [1.29, 1.82) is 0 Å². The predicted molar refractivity (Wildman–Crippen MR) is 121 cm³/mol. The Hall–Kier alpha value is -2.28. The predicted octanol–water partition coefficient (Wildman–Crippen LogP) is 4.08. The smallest absolute Gasteiger partial charge is 0.320 e. The molecule has 2 amide bonds. The van der Waals surface area contributed by atoms with Crippen LogP contribution >= 0.6 is 24.8 Å². The van der Waals surface area contributed by atoms with E-state index in [1.807, 2.05) is 53.7 Å². The summed E-state index contributed by atoms with van der Waals surface area (Å²) in [6.07, 6.45) is 4.14. The van der Waals surface area contributed by atoms with Crippen molar-refractivity contribution < 1.29 is 4.79 Å². The van der Waals surface area contributed by atoms with E-state index in [0.29, 0.717) is 12.0 Å². The molecule has 29 heavy (non-hydrogen) atoms. The molecule has 154 valence electrons. The molecule has 2 atom stereocenters. The highest BCUT2D eigenvalue weighted by Gasteiger charge is 2.34. The van der Waals surface area contributed by atoms with E-state index in [1.165, 1.54) is 6.42 Å². The van der Waals surface area contributed by atoms with Crippen LogP contribution in [0.3, 0.4) is 0 Å². The van der Waals surface area contributed by atoms with E-state index in [4.69, 9.17) is 0 Å². The lowest BCUT2D eigenvalue weighted by molar-refractivity contribution is 0.153. The van der Waals surface area contributed by atoms with Gasteiger partial charge in [0.05, 0.1) is 11.0 Å². The maximum absolute atomic E-state index is 12.8. The number of carbonyl (C=O) groups is 1. The number of piperidine rings is 1. The van der Waals surface area contributed by atoms with Crippen LogP contribution in [0.15, 0.2) is 54.9 Å². The molecule has 8 heteroatoms. The average molecular weight is 434 g/mol. The number of amides is 2. The number of para-hydroxylation sites is 2. The molecule has 6 rings (SSSR count). The number of imidazole rings is 1. The summed E-state index contributed by atoms with van der Waals surface area (Å²) in [4.78, 5) is 19.2. The Bertz CT molecular complexity index is 971. The van der Waals surface area contributed by atoms with Gasteiger partial charge in [0.2, 0.25) is 0 Å². The monoisotopic (exact) mass is 433 g/mol. The van der Waals surface area contributed by atoms with Crippen LogP contribution < -0.4 is 10.6 Å². The number of aromatic nitrogens is 2. The first-order chi connectivity index (χ1) is 13.3. The molecule has 0 spiro atoms. The van der Waals surface area contributed by atoms with Crippen molar-refractivity contribution in [2.75, 3.05) is 25.0 Å². The standard InChI is InChI=1S/C21H23N5O.2ClH/c27-21(25-13-15-5-8-18(25)12-22-11-15)24-16-6-9-17(10-7-16)26-14-23-19-3-1-2-4-20(19)26;;/h1-4,6-7,9-10,14-15,18,22H,5,8,11-13H2,(H,24,27);2*1H/t15-,18+;;/m1../s1. The number of nitrogens with zero attached hydrogens (tertiary/aromatic N) is 3. The fourth-order valence-corrected chi connectivity index (χ4v) is 4.25. The molecule has 3 saturated heterocycles. The number of halogens is 2. The molecule has 2 N–H and O–H groups in total. The maximum atomic E-state index is 12.8. The Balaban J connectivity index is 0.00000120. The van der Waals surface area contributed by atoms with E-state index in [1.54, 1.807) is 0 Å². The highest BCUT2D eigenvalue weighted by Crippen LogP contribution is 2.25. The van der Waals surface area contributed by atoms with Gasteiger partial charge < -0.3 is 15.5 Å². The molecule has 6 nitrogen and oxygen atoms in total. The summed E-state index contributed by atoms with van der Waals surface area (Å²) in [5.41, 5.74) is 3.89. The molecule has 0 aliphatic carbocycles. The third-order valence-corrected chi connectivity index (χ3v) is 5.73. The topological polar surface area (TPSA) is 62.2 Å². The van der Waals surface area contributed by atoms with Gasteiger partial charge in [0.15, 0.2) is 0 Å². The molecule has 0 unspecified atom stereocenters. The number of nitrogens with one attached hydrogen (secondary N) is 2. The number of hydrogen-bond donors (Lipinski definition) is 2. The highest BCUT2D eigenvalue weighted by atomic mass is 35.5. The minimum absolute atomic E-state index is 0. The molecule has 2 bridgehead atoms. The van der Waals surface area contributed by atoms with Gasteiger partial charge in [0.1, 0.15) is 6.33 Å². The van der Waals surface area contributed by atoms with Gasteiger partial charge >= 0.3 is 6.03 Å². The van der Waals surface area contributed by atoms with E-state index in [0.717, 1.165) is 48.5 Å². The molecule has 0 radical (unpaired) electrons. The molecule has 3 aliphatic rings. The average Bonchev–Trinajstić information content (AvgIpc) is 2.86. The summed E-state index contributed by atoms with van der Waals surface area (Å²) in [7, 11) is 0. The zero-order chi connectivity index (χ0) is 18.2. The van der Waals surface area contributed by atoms with Crippen LogP contribution in [0.5, 0.6) is 0 Å². The summed E-state index contributed by atoms with van der Waals surface area (Å²) >= 11 is 0. The van der Waals surface area contributed by atoms with Crippen molar-refractivity contribution >= 4 is 47.6 Å². The van der Waals surface area contributed by atoms with Gasteiger partial charge in [-0.3, -0.25) is 4.57 Å². The Morgan fingerprint density at radius 2 is 1.83 bits per heavy atom. The molecule has 1 aromatic heterocycles. The molecule has 3 aliphatic heterocycles. The largest absolute Gasteiger partial charge is 0.322 e. The minimum Gasteiger partial charge on any atom is -0.320 e. The molecule has 0 saturated carbocycles. The van der Waals surface area contributed by atoms with Crippen LogP contribution in [0, 0.1) is 5.92 Å². The molecular formula is C21H25Cl2N5O. The summed E-state index contributed by atoms with van der Waals surface area (Å²) in [6, 6.07) is 16.3. The lowest BCUT2D eigenvalue weighted by Crippen LogP contribution is -2.49. The van der Waals surface area contributed by atoms with Crippen LogP contribution in [-0.2, 0) is 0 Å². The molecule has 3 aromatic rings. The first kappa shape index (κ1) is 21.4. The Morgan fingerprint density at radius 1 is 1.03 bits per heavy atom. The van der Waals surface area contributed by atoms with Crippen molar-refractivity contribution in [2.45, 2.75) is 18.9 Å². The number of rotatable bonds is 2. The van der Waals surface area contributed by atoms with E-state index in [-0.39, 0.29) is 30.8 Å². The second-order valence-corrected chi connectivity index (χ2v) is 7.49. The number of fused-ring (bicyclic) bond motifs is 5. The third kappa shape index (κ3) is 4.20. The van der Waals surface area contributed by atoms with Crippen molar-refractivity contribution in [3.63, 3.8) is 0 Å². The van der Waals surface area contributed by atoms with E-state index >= 15 is 0 Å². The Kier molecular flexibility index (Phi) is 6.67. The minimum atomic E-state index is 0. The summed E-state index contributed by atoms with van der Waals surface area (Å²) in [5, 5.41) is 6.53. The van der Waals surface area contributed by atoms with Crippen LogP contribution in [0.2, 0.25) is 0 Å². The van der Waals surface area contributed by atoms with Gasteiger partial charge in [0, 0.05) is 30.5 Å². The van der Waals surface area contributed by atoms with E-state index in [2.05, 4.69) is 26.3 Å². The lowest BCUT2D eigenvalue weighted by Gasteiger charge is -2.36. The van der Waals surface area contributed by atoms with Crippen molar-refractivity contribution in [1.82, 2.24) is 19.8 Å². The maximum Gasteiger partial charge on any atom is 0.322 e. The fourth-order valence-electron chi connectivity index (χ4n) is 4.25.